The van der Waals surface area contributed by atoms with Crippen molar-refractivity contribution in [3.63, 3.8) is 0 Å². The molecule has 236 valence electrons. The maximum absolute atomic E-state index is 6.82. The maximum atomic E-state index is 6.82. The van der Waals surface area contributed by atoms with Crippen LogP contribution in [0.1, 0.15) is 11.1 Å². The number of pyridine rings is 2. The van der Waals surface area contributed by atoms with Crippen molar-refractivity contribution in [2.45, 2.75) is 5.66 Å². The number of benzene rings is 5. The highest BCUT2D eigenvalue weighted by Gasteiger charge is 2.68. The smallest absolute Gasteiger partial charge is 0.397 e. The van der Waals surface area contributed by atoms with Gasteiger partial charge in [0.1, 0.15) is 34.1 Å². The average Bonchev–Trinajstić information content (AvgIpc) is 3.93. The summed E-state index contributed by atoms with van der Waals surface area (Å²) in [6.07, 6.45) is 8.71. The van der Waals surface area contributed by atoms with Crippen molar-refractivity contribution in [1.82, 2.24) is 18.8 Å². The Hall–Kier alpha value is -6.99. The number of hydrogen-bond acceptors (Lipinski definition) is 2. The maximum Gasteiger partial charge on any atom is 0.397 e. The van der Waals surface area contributed by atoms with Gasteiger partial charge in [0.2, 0.25) is 6.20 Å². The fourth-order valence-corrected chi connectivity index (χ4v) is 9.45. The van der Waals surface area contributed by atoms with Crippen molar-refractivity contribution in [1.29, 1.82) is 0 Å². The van der Waals surface area contributed by atoms with Gasteiger partial charge >= 0.3 is 5.66 Å². The van der Waals surface area contributed by atoms with Gasteiger partial charge in [-0.05, 0) is 78.4 Å². The van der Waals surface area contributed by atoms with Gasteiger partial charge in [-0.2, -0.15) is 9.13 Å². The number of hydrogen-bond donors (Lipinski definition) is 0. The Bertz CT molecular complexity index is 3190. The van der Waals surface area contributed by atoms with Crippen LogP contribution in [0.3, 0.4) is 0 Å². The minimum atomic E-state index is -0.711. The number of para-hydroxylation sites is 2. The summed E-state index contributed by atoms with van der Waals surface area (Å²) in [6, 6.07) is 47.6. The topological polar surface area (TPSA) is 44.7 Å². The lowest BCUT2D eigenvalue weighted by molar-refractivity contribution is -0.993. The van der Waals surface area contributed by atoms with E-state index < -0.39 is 5.66 Å². The van der Waals surface area contributed by atoms with Gasteiger partial charge in [-0.3, -0.25) is 4.57 Å². The SMILES string of the molecule is c1ccc(-n2c3ccccc3c3cc(-c4cn5[n+](c4)C46c7c(cccc7-5)Oc5ccc7c8ccccc8n(c7c54)-c4cccc[n+]46)ccc32)nc1. The first kappa shape index (κ1) is 26.0. The number of rotatable bonds is 2. The van der Waals surface area contributed by atoms with Crippen LogP contribution in [0.15, 0.2) is 158 Å². The van der Waals surface area contributed by atoms with Gasteiger partial charge in [-0.15, -0.1) is 4.68 Å². The van der Waals surface area contributed by atoms with Crippen molar-refractivity contribution >= 4 is 43.6 Å². The number of ether oxygens (including phenoxy) is 1. The van der Waals surface area contributed by atoms with Crippen LogP contribution in [0.5, 0.6) is 11.5 Å². The first-order valence-corrected chi connectivity index (χ1v) is 17.3. The van der Waals surface area contributed by atoms with Crippen LogP contribution in [0.25, 0.3) is 72.1 Å². The van der Waals surface area contributed by atoms with Crippen LogP contribution in [-0.4, -0.2) is 18.8 Å². The van der Waals surface area contributed by atoms with E-state index in [2.05, 4.69) is 163 Å². The molecule has 0 saturated heterocycles. The van der Waals surface area contributed by atoms with Crippen molar-refractivity contribution in [2.75, 3.05) is 0 Å². The highest BCUT2D eigenvalue weighted by atomic mass is 16.5. The van der Waals surface area contributed by atoms with Crippen LogP contribution in [0.4, 0.5) is 0 Å². The molecular weight excluding hydrogens is 629 g/mol. The van der Waals surface area contributed by atoms with Gasteiger partial charge in [0.25, 0.3) is 5.82 Å². The highest BCUT2D eigenvalue weighted by molar-refractivity contribution is 6.12. The molecule has 0 aliphatic carbocycles. The predicted octanol–water partition coefficient (Wildman–Crippen LogP) is 8.34. The quantitative estimate of drug-likeness (QED) is 0.176. The lowest BCUT2D eigenvalue weighted by atomic mass is 9.84. The summed E-state index contributed by atoms with van der Waals surface area (Å²) < 4.78 is 18.7. The van der Waals surface area contributed by atoms with E-state index in [1.165, 1.54) is 32.6 Å². The van der Waals surface area contributed by atoms with E-state index in [4.69, 9.17) is 9.72 Å². The molecule has 10 aromatic rings. The normalized spacial score (nSPS) is 16.1. The molecule has 1 spiro atoms. The van der Waals surface area contributed by atoms with Crippen LogP contribution in [0.2, 0.25) is 0 Å². The van der Waals surface area contributed by atoms with Crippen molar-refractivity contribution < 1.29 is 14.0 Å². The Morgan fingerprint density at radius 3 is 2.25 bits per heavy atom. The zero-order valence-electron chi connectivity index (χ0n) is 27.1. The Kier molecular flexibility index (Phi) is 4.46. The van der Waals surface area contributed by atoms with Crippen LogP contribution >= 0.6 is 0 Å². The molecule has 8 heterocycles. The first-order valence-electron chi connectivity index (χ1n) is 17.3. The van der Waals surface area contributed by atoms with Crippen molar-refractivity contribution in [3.05, 3.63) is 169 Å². The van der Waals surface area contributed by atoms with Gasteiger partial charge in [0.05, 0.1) is 29.0 Å². The van der Waals surface area contributed by atoms with E-state index in [-0.39, 0.29) is 0 Å². The molecule has 0 saturated carbocycles. The third-order valence-corrected chi connectivity index (χ3v) is 11.4. The van der Waals surface area contributed by atoms with Gasteiger partial charge in [-0.1, -0.05) is 59.3 Å². The molecule has 1 atom stereocenters. The monoisotopic (exact) mass is 654 g/mol. The second-order valence-electron chi connectivity index (χ2n) is 13.7. The molecule has 0 radical (unpaired) electrons. The van der Waals surface area contributed by atoms with E-state index in [0.717, 1.165) is 62.1 Å². The standard InChI is InChI=1S/C44H26N6O/c1-4-13-34-29(10-1)31-19-21-38-42-43(31)50(34)40-17-6-8-23-46(40)44(42)41-36(14-9-15-37(41)51-38)47-25-28(26-48(44)47)27-18-20-35-32(24-27)30-11-2-3-12-33(30)49(35)39-16-5-7-22-45-39/h1-26H/q+2. The van der Waals surface area contributed by atoms with Crippen molar-refractivity contribution in [2.24, 2.45) is 0 Å². The number of nitrogens with zero attached hydrogens (tertiary/aromatic N) is 6. The summed E-state index contributed by atoms with van der Waals surface area (Å²) >= 11 is 0. The van der Waals surface area contributed by atoms with E-state index in [1.807, 2.05) is 18.3 Å². The summed E-state index contributed by atoms with van der Waals surface area (Å²) in [6.45, 7) is 0. The molecule has 0 bridgehead atoms. The Balaban J connectivity index is 1.13. The summed E-state index contributed by atoms with van der Waals surface area (Å²) in [7, 11) is 0. The Morgan fingerprint density at radius 1 is 0.588 bits per heavy atom. The molecule has 3 aliphatic heterocycles. The molecule has 13 rings (SSSR count). The second-order valence-corrected chi connectivity index (χ2v) is 13.7. The second kappa shape index (κ2) is 8.77. The number of aromatic nitrogens is 6. The lowest BCUT2D eigenvalue weighted by Gasteiger charge is -2.32. The molecule has 51 heavy (non-hydrogen) atoms. The minimum Gasteiger partial charge on any atom is -0.456 e. The molecule has 0 amide bonds. The fraction of sp³-hybridized carbons (Fsp3) is 0.0227. The van der Waals surface area contributed by atoms with Gasteiger partial charge in [0.15, 0.2) is 11.1 Å². The molecule has 5 aromatic carbocycles. The highest BCUT2D eigenvalue weighted by Crippen LogP contribution is 2.55. The van der Waals surface area contributed by atoms with E-state index in [9.17, 15) is 0 Å². The summed E-state index contributed by atoms with van der Waals surface area (Å²) in [5.41, 5.74) is 9.66. The predicted molar refractivity (Wildman–Crippen MR) is 196 cm³/mol. The first-order chi connectivity index (χ1) is 25.3. The van der Waals surface area contributed by atoms with Crippen LogP contribution < -0.4 is 14.0 Å². The van der Waals surface area contributed by atoms with Gasteiger partial charge in [0, 0.05) is 33.8 Å². The molecule has 3 aliphatic rings. The lowest BCUT2D eigenvalue weighted by Crippen LogP contribution is -2.76. The third kappa shape index (κ3) is 2.90. The molecule has 0 N–H and O–H groups in total. The molecular formula is C44H26N6O+2. The molecule has 1 unspecified atom stereocenters. The zero-order valence-corrected chi connectivity index (χ0v) is 27.1. The zero-order chi connectivity index (χ0) is 33.0. The fourth-order valence-electron chi connectivity index (χ4n) is 9.45. The summed E-state index contributed by atoms with van der Waals surface area (Å²) in [4.78, 5) is 4.72. The van der Waals surface area contributed by atoms with E-state index in [1.54, 1.807) is 0 Å². The Labute approximate surface area is 290 Å². The third-order valence-electron chi connectivity index (χ3n) is 11.4. The Morgan fingerprint density at radius 2 is 1.37 bits per heavy atom. The van der Waals surface area contributed by atoms with E-state index in [0.29, 0.717) is 0 Å². The molecule has 5 aromatic heterocycles. The molecule has 7 nitrogen and oxygen atoms in total. The minimum absolute atomic E-state index is 0.711. The van der Waals surface area contributed by atoms with E-state index >= 15 is 0 Å². The summed E-state index contributed by atoms with van der Waals surface area (Å²) in [5.74, 6) is 3.79. The molecule has 7 heteroatoms. The van der Waals surface area contributed by atoms with Crippen LogP contribution in [0, 0.1) is 0 Å². The van der Waals surface area contributed by atoms with Gasteiger partial charge < -0.3 is 4.74 Å². The van der Waals surface area contributed by atoms with Gasteiger partial charge in [-0.25, -0.2) is 4.98 Å². The van der Waals surface area contributed by atoms with Crippen molar-refractivity contribution in [3.8, 4) is 39.9 Å². The largest absolute Gasteiger partial charge is 0.456 e. The molecule has 0 fully saturated rings. The number of fused-ring (bicyclic) bond motifs is 10. The average molecular weight is 655 g/mol. The summed E-state index contributed by atoms with van der Waals surface area (Å²) in [5, 5.41) is 4.87. The van der Waals surface area contributed by atoms with Crippen LogP contribution in [-0.2, 0) is 5.66 Å².